The molecule has 1 aromatic heterocycles. The zero-order valence-corrected chi connectivity index (χ0v) is 12.9. The van der Waals surface area contributed by atoms with Crippen molar-refractivity contribution in [1.29, 1.82) is 0 Å². The number of ether oxygens (including phenoxy) is 2. The molecule has 0 aliphatic carbocycles. The topological polar surface area (TPSA) is 88.1 Å². The van der Waals surface area contributed by atoms with E-state index in [0.29, 0.717) is 23.9 Å². The highest BCUT2D eigenvalue weighted by Crippen LogP contribution is 2.37. The van der Waals surface area contributed by atoms with E-state index in [-0.39, 0.29) is 6.61 Å². The molecule has 0 saturated carbocycles. The average molecular weight is 342 g/mol. The molecule has 108 valence electrons. The number of hydrogen-bond donors (Lipinski definition) is 1. The maximum absolute atomic E-state index is 5.71. The van der Waals surface area contributed by atoms with Crippen LogP contribution in [0, 0.1) is 0 Å². The Bertz CT molecular complexity index is 587. The molecule has 2 aromatic rings. The number of nitrogens with two attached hydrogens (primary N) is 1. The number of nitrogens with zero attached hydrogens (tertiary/aromatic N) is 4. The third-order valence-corrected chi connectivity index (χ3v) is 3.21. The number of methoxy groups -OCH3 is 1. The summed E-state index contributed by atoms with van der Waals surface area (Å²) in [6, 6.07) is 3.88. The fourth-order valence-electron chi connectivity index (χ4n) is 1.74. The van der Waals surface area contributed by atoms with Crippen molar-refractivity contribution in [3.63, 3.8) is 0 Å². The molecule has 0 amide bonds. The van der Waals surface area contributed by atoms with E-state index in [1.807, 2.05) is 12.1 Å². The van der Waals surface area contributed by atoms with Gasteiger partial charge in [-0.3, -0.25) is 0 Å². The van der Waals surface area contributed by atoms with E-state index in [4.69, 9.17) is 15.2 Å². The van der Waals surface area contributed by atoms with Gasteiger partial charge in [-0.2, -0.15) is 4.80 Å². The van der Waals surface area contributed by atoms with Gasteiger partial charge in [0.25, 0.3) is 0 Å². The summed E-state index contributed by atoms with van der Waals surface area (Å²) in [6.07, 6.45) is 0.779. The monoisotopic (exact) mass is 341 g/mol. The first kappa shape index (κ1) is 14.7. The van der Waals surface area contributed by atoms with Crippen LogP contribution >= 0.6 is 15.9 Å². The Kier molecular flexibility index (Phi) is 4.91. The van der Waals surface area contributed by atoms with Gasteiger partial charge in [-0.05, 0) is 51.8 Å². The van der Waals surface area contributed by atoms with E-state index in [2.05, 4.69) is 31.3 Å². The van der Waals surface area contributed by atoms with Crippen LogP contribution in [0.2, 0.25) is 0 Å². The number of aryl methyl sites for hydroxylation is 1. The molecule has 2 N–H and O–H groups in total. The highest BCUT2D eigenvalue weighted by atomic mass is 79.9. The molecule has 0 unspecified atom stereocenters. The number of tetrazole rings is 1. The standard InChI is InChI=1S/C12H16BrN5O2/c1-18-16-11(15-17-18)7-20-12-9(13)5-8(3-4-14)6-10(12)19-2/h5-6H,3-4,7,14H2,1-2H3. The van der Waals surface area contributed by atoms with E-state index in [0.717, 1.165) is 16.5 Å². The Morgan fingerprint density at radius 3 is 2.80 bits per heavy atom. The van der Waals surface area contributed by atoms with E-state index >= 15 is 0 Å². The largest absolute Gasteiger partial charge is 0.493 e. The van der Waals surface area contributed by atoms with Crippen LogP contribution < -0.4 is 15.2 Å². The molecule has 7 nitrogen and oxygen atoms in total. The summed E-state index contributed by atoms with van der Waals surface area (Å²) in [7, 11) is 3.30. The molecular weight excluding hydrogens is 326 g/mol. The van der Waals surface area contributed by atoms with Crippen molar-refractivity contribution < 1.29 is 9.47 Å². The van der Waals surface area contributed by atoms with Gasteiger partial charge in [0, 0.05) is 0 Å². The normalized spacial score (nSPS) is 10.6. The molecule has 0 aliphatic rings. The molecule has 0 saturated heterocycles. The summed E-state index contributed by atoms with van der Waals surface area (Å²) in [5.41, 5.74) is 6.65. The Morgan fingerprint density at radius 2 is 2.20 bits per heavy atom. The van der Waals surface area contributed by atoms with Crippen molar-refractivity contribution in [3.05, 3.63) is 28.0 Å². The fourth-order valence-corrected chi connectivity index (χ4v) is 2.35. The van der Waals surface area contributed by atoms with Crippen LogP contribution in [0.3, 0.4) is 0 Å². The van der Waals surface area contributed by atoms with E-state index in [1.54, 1.807) is 14.2 Å². The molecule has 0 atom stereocenters. The van der Waals surface area contributed by atoms with Crippen LogP contribution in [-0.2, 0) is 20.1 Å². The summed E-state index contributed by atoms with van der Waals surface area (Å²) in [5, 5.41) is 11.7. The van der Waals surface area contributed by atoms with Crippen LogP contribution in [0.5, 0.6) is 11.5 Å². The Hall–Kier alpha value is -1.67. The lowest BCUT2D eigenvalue weighted by Crippen LogP contribution is -2.05. The van der Waals surface area contributed by atoms with E-state index in [1.165, 1.54) is 4.80 Å². The Balaban J connectivity index is 2.17. The molecule has 0 fully saturated rings. The second-order valence-electron chi connectivity index (χ2n) is 4.13. The fraction of sp³-hybridized carbons (Fsp3) is 0.417. The van der Waals surface area contributed by atoms with Crippen molar-refractivity contribution >= 4 is 15.9 Å². The van der Waals surface area contributed by atoms with Crippen molar-refractivity contribution in [2.75, 3.05) is 13.7 Å². The molecule has 0 spiro atoms. The second kappa shape index (κ2) is 6.67. The lowest BCUT2D eigenvalue weighted by atomic mass is 10.1. The molecule has 20 heavy (non-hydrogen) atoms. The van der Waals surface area contributed by atoms with E-state index < -0.39 is 0 Å². The van der Waals surface area contributed by atoms with Gasteiger partial charge in [-0.1, -0.05) is 0 Å². The third-order valence-electron chi connectivity index (χ3n) is 2.62. The van der Waals surface area contributed by atoms with Gasteiger partial charge in [0.05, 0.1) is 18.6 Å². The van der Waals surface area contributed by atoms with Crippen molar-refractivity contribution in [1.82, 2.24) is 20.2 Å². The molecule has 1 aromatic carbocycles. The van der Waals surface area contributed by atoms with Crippen LogP contribution in [0.25, 0.3) is 0 Å². The van der Waals surface area contributed by atoms with Gasteiger partial charge < -0.3 is 15.2 Å². The van der Waals surface area contributed by atoms with Crippen LogP contribution in [0.1, 0.15) is 11.4 Å². The summed E-state index contributed by atoms with van der Waals surface area (Å²) < 4.78 is 11.9. The number of aromatic nitrogens is 4. The number of hydrogen-bond acceptors (Lipinski definition) is 6. The predicted molar refractivity (Wildman–Crippen MR) is 76.6 cm³/mol. The average Bonchev–Trinajstić information content (AvgIpc) is 2.83. The maximum atomic E-state index is 5.71. The van der Waals surface area contributed by atoms with Crippen LogP contribution in [-0.4, -0.2) is 33.9 Å². The van der Waals surface area contributed by atoms with Gasteiger partial charge in [0.1, 0.15) is 0 Å². The summed E-state index contributed by atoms with van der Waals surface area (Å²) in [6.45, 7) is 0.804. The van der Waals surface area contributed by atoms with Gasteiger partial charge in [-0.25, -0.2) is 0 Å². The van der Waals surface area contributed by atoms with Gasteiger partial charge in [-0.15, -0.1) is 10.2 Å². The molecule has 1 heterocycles. The first-order valence-electron chi connectivity index (χ1n) is 6.06. The summed E-state index contributed by atoms with van der Waals surface area (Å²) in [5.74, 6) is 1.76. The molecule has 8 heteroatoms. The molecule has 0 aliphatic heterocycles. The van der Waals surface area contributed by atoms with Gasteiger partial charge >= 0.3 is 0 Å². The smallest absolute Gasteiger partial charge is 0.212 e. The highest BCUT2D eigenvalue weighted by molar-refractivity contribution is 9.10. The Labute approximate surface area is 125 Å². The molecule has 0 bridgehead atoms. The van der Waals surface area contributed by atoms with Crippen molar-refractivity contribution in [2.24, 2.45) is 12.8 Å². The summed E-state index contributed by atoms with van der Waals surface area (Å²) in [4.78, 5) is 1.38. The number of halogens is 1. The summed E-state index contributed by atoms with van der Waals surface area (Å²) >= 11 is 3.48. The first-order chi connectivity index (χ1) is 9.63. The van der Waals surface area contributed by atoms with Crippen LogP contribution in [0.15, 0.2) is 16.6 Å². The SMILES string of the molecule is COc1cc(CCN)cc(Br)c1OCc1nnn(C)n1. The minimum Gasteiger partial charge on any atom is -0.493 e. The second-order valence-corrected chi connectivity index (χ2v) is 4.99. The highest BCUT2D eigenvalue weighted by Gasteiger charge is 2.13. The lowest BCUT2D eigenvalue weighted by Gasteiger charge is -2.13. The quantitative estimate of drug-likeness (QED) is 0.845. The minimum atomic E-state index is 0.221. The number of benzene rings is 1. The maximum Gasteiger partial charge on any atom is 0.212 e. The Morgan fingerprint density at radius 1 is 1.40 bits per heavy atom. The first-order valence-corrected chi connectivity index (χ1v) is 6.85. The van der Waals surface area contributed by atoms with Crippen molar-refractivity contribution in [3.8, 4) is 11.5 Å². The molecule has 0 radical (unpaired) electrons. The van der Waals surface area contributed by atoms with Crippen molar-refractivity contribution in [2.45, 2.75) is 13.0 Å². The van der Waals surface area contributed by atoms with E-state index in [9.17, 15) is 0 Å². The third kappa shape index (κ3) is 3.45. The van der Waals surface area contributed by atoms with Crippen LogP contribution in [0.4, 0.5) is 0 Å². The molecule has 2 rings (SSSR count). The number of rotatable bonds is 6. The minimum absolute atomic E-state index is 0.221. The molecular formula is C12H16BrN5O2. The van der Waals surface area contributed by atoms with Gasteiger partial charge in [0.15, 0.2) is 18.1 Å². The zero-order valence-electron chi connectivity index (χ0n) is 11.3. The predicted octanol–water partition coefficient (Wildman–Crippen LogP) is 1.06. The van der Waals surface area contributed by atoms with Gasteiger partial charge in [0.2, 0.25) is 5.82 Å². The zero-order chi connectivity index (χ0) is 14.5. The lowest BCUT2D eigenvalue weighted by molar-refractivity contribution is 0.274.